The Hall–Kier alpha value is -5.09. The van der Waals surface area contributed by atoms with Crippen molar-refractivity contribution >= 4 is 17.5 Å². The number of carbonyl (C=O) groups is 1. The van der Waals surface area contributed by atoms with Crippen LogP contribution < -0.4 is 20.1 Å². The number of nitrogens with one attached hydrogen (secondary N) is 2. The van der Waals surface area contributed by atoms with E-state index in [4.69, 9.17) is 14.2 Å². The first-order valence-corrected chi connectivity index (χ1v) is 12.0. The van der Waals surface area contributed by atoms with Gasteiger partial charge >= 0.3 is 0 Å². The first kappa shape index (κ1) is 27.0. The van der Waals surface area contributed by atoms with E-state index < -0.39 is 0 Å². The van der Waals surface area contributed by atoms with Gasteiger partial charge in [0.05, 0.1) is 31.5 Å². The van der Waals surface area contributed by atoms with Crippen LogP contribution >= 0.6 is 0 Å². The normalized spacial score (nSPS) is 11.3. The second kappa shape index (κ2) is 12.9. The van der Waals surface area contributed by atoms with Crippen LogP contribution in [0, 0.1) is 11.3 Å². The van der Waals surface area contributed by atoms with Crippen molar-refractivity contribution in [3.8, 4) is 28.7 Å². The Morgan fingerprint density at radius 1 is 1.10 bits per heavy atom. The number of methoxy groups -OCH3 is 2. The molecule has 0 fully saturated rings. The number of ether oxygens (including phenoxy) is 3. The number of nitriles is 1. The van der Waals surface area contributed by atoms with E-state index in [1.54, 1.807) is 60.6 Å². The van der Waals surface area contributed by atoms with Gasteiger partial charge < -0.3 is 24.8 Å². The zero-order valence-corrected chi connectivity index (χ0v) is 21.7. The van der Waals surface area contributed by atoms with Gasteiger partial charge in [-0.15, -0.1) is 5.10 Å². The number of hydrogen-bond acceptors (Lipinski definition) is 11. The Kier molecular flexibility index (Phi) is 8.94. The van der Waals surface area contributed by atoms with Gasteiger partial charge in [-0.2, -0.15) is 5.26 Å². The molecule has 0 radical (unpaired) electrons. The van der Waals surface area contributed by atoms with Crippen molar-refractivity contribution in [3.05, 3.63) is 66.2 Å². The summed E-state index contributed by atoms with van der Waals surface area (Å²) in [4.78, 5) is 21.3. The van der Waals surface area contributed by atoms with Crippen molar-refractivity contribution in [2.24, 2.45) is 0 Å². The van der Waals surface area contributed by atoms with Gasteiger partial charge in [0.25, 0.3) is 5.91 Å². The van der Waals surface area contributed by atoms with Crippen LogP contribution in [0.25, 0.3) is 11.1 Å². The molecule has 39 heavy (non-hydrogen) atoms. The zero-order chi connectivity index (χ0) is 27.6. The average molecular weight is 530 g/mol. The molecule has 1 amide bonds. The van der Waals surface area contributed by atoms with Crippen molar-refractivity contribution in [2.75, 3.05) is 32.7 Å². The summed E-state index contributed by atoms with van der Waals surface area (Å²) in [6.45, 7) is 3.10. The summed E-state index contributed by atoms with van der Waals surface area (Å²) in [5, 5.41) is 26.5. The van der Waals surface area contributed by atoms with Gasteiger partial charge in [-0.05, 0) is 53.2 Å². The van der Waals surface area contributed by atoms with E-state index in [2.05, 4.69) is 42.2 Å². The molecule has 4 rings (SSSR count). The largest absolute Gasteiger partial charge is 0.495 e. The molecule has 2 aromatic carbocycles. The summed E-state index contributed by atoms with van der Waals surface area (Å²) in [5.41, 5.74) is 2.89. The third-order valence-electron chi connectivity index (χ3n) is 5.55. The fourth-order valence-electron chi connectivity index (χ4n) is 3.65. The molecule has 13 heteroatoms. The van der Waals surface area contributed by atoms with Gasteiger partial charge in [-0.3, -0.25) is 4.79 Å². The molecule has 0 aliphatic carbocycles. The molecule has 2 N–H and O–H groups in total. The van der Waals surface area contributed by atoms with E-state index in [1.807, 2.05) is 6.92 Å². The SMILES string of the molecule is COCCNC(=O)c1ccc(OC)c(Nc2ncc(-c3ccc(C#N)c(O[C@@H](C)Cn4cnnn4)c3)cn2)c1. The lowest BCUT2D eigenvalue weighted by Crippen LogP contribution is -2.26. The molecule has 0 bridgehead atoms. The molecule has 2 aromatic heterocycles. The maximum Gasteiger partial charge on any atom is 0.251 e. The van der Waals surface area contributed by atoms with Gasteiger partial charge in [-0.1, -0.05) is 6.07 Å². The van der Waals surface area contributed by atoms with Crippen LogP contribution in [0.4, 0.5) is 11.6 Å². The topological polar surface area (TPSA) is 162 Å². The predicted octanol–water partition coefficient (Wildman–Crippen LogP) is 2.60. The average Bonchev–Trinajstić information content (AvgIpc) is 3.46. The van der Waals surface area contributed by atoms with Crippen molar-refractivity contribution in [3.63, 3.8) is 0 Å². The van der Waals surface area contributed by atoms with E-state index in [1.165, 1.54) is 13.4 Å². The number of aromatic nitrogens is 6. The summed E-state index contributed by atoms with van der Waals surface area (Å²) in [7, 11) is 3.11. The number of hydrogen-bond donors (Lipinski definition) is 2. The van der Waals surface area contributed by atoms with E-state index in [-0.39, 0.29) is 12.0 Å². The highest BCUT2D eigenvalue weighted by Gasteiger charge is 2.14. The van der Waals surface area contributed by atoms with Crippen LogP contribution in [-0.2, 0) is 11.3 Å². The smallest absolute Gasteiger partial charge is 0.251 e. The molecule has 2 heterocycles. The van der Waals surface area contributed by atoms with Gasteiger partial charge in [0.1, 0.15) is 30.0 Å². The molecule has 200 valence electrons. The van der Waals surface area contributed by atoms with Crippen LogP contribution in [0.15, 0.2) is 55.1 Å². The molecular formula is C26H27N9O4. The van der Waals surface area contributed by atoms with Gasteiger partial charge in [-0.25, -0.2) is 14.6 Å². The third-order valence-corrected chi connectivity index (χ3v) is 5.55. The third kappa shape index (κ3) is 7.02. The molecule has 0 saturated heterocycles. The lowest BCUT2D eigenvalue weighted by atomic mass is 10.1. The van der Waals surface area contributed by atoms with Crippen LogP contribution in [0.3, 0.4) is 0 Å². The minimum Gasteiger partial charge on any atom is -0.495 e. The summed E-state index contributed by atoms with van der Waals surface area (Å²) in [6.07, 6.45) is 4.52. The molecule has 0 saturated carbocycles. The molecule has 13 nitrogen and oxygen atoms in total. The first-order chi connectivity index (χ1) is 19.0. The molecule has 0 spiro atoms. The summed E-state index contributed by atoms with van der Waals surface area (Å²) in [5.74, 6) is 1.04. The van der Waals surface area contributed by atoms with Gasteiger partial charge in [0.15, 0.2) is 0 Å². The van der Waals surface area contributed by atoms with Crippen molar-refractivity contribution in [1.29, 1.82) is 5.26 Å². The van der Waals surface area contributed by atoms with Crippen molar-refractivity contribution in [2.45, 2.75) is 19.6 Å². The monoisotopic (exact) mass is 529 g/mol. The van der Waals surface area contributed by atoms with Crippen LogP contribution in [0.5, 0.6) is 11.5 Å². The summed E-state index contributed by atoms with van der Waals surface area (Å²) < 4.78 is 18.0. The van der Waals surface area contributed by atoms with Crippen molar-refractivity contribution in [1.82, 2.24) is 35.5 Å². The Labute approximate surface area is 224 Å². The lowest BCUT2D eigenvalue weighted by Gasteiger charge is -2.16. The van der Waals surface area contributed by atoms with Crippen molar-refractivity contribution < 1.29 is 19.0 Å². The summed E-state index contributed by atoms with van der Waals surface area (Å²) in [6, 6.07) is 12.4. The van der Waals surface area contributed by atoms with Crippen LogP contribution in [0.2, 0.25) is 0 Å². The maximum absolute atomic E-state index is 12.4. The second-order valence-corrected chi connectivity index (χ2v) is 8.37. The number of anilines is 2. The molecule has 4 aromatic rings. The molecule has 0 unspecified atom stereocenters. The van der Waals surface area contributed by atoms with E-state index in [0.29, 0.717) is 54.0 Å². The Balaban J connectivity index is 1.49. The highest BCUT2D eigenvalue weighted by atomic mass is 16.5. The quantitative estimate of drug-likeness (QED) is 0.259. The Morgan fingerprint density at radius 3 is 2.62 bits per heavy atom. The van der Waals surface area contributed by atoms with E-state index in [0.717, 1.165) is 11.1 Å². The van der Waals surface area contributed by atoms with Crippen LogP contribution in [-0.4, -0.2) is 69.6 Å². The summed E-state index contributed by atoms with van der Waals surface area (Å²) >= 11 is 0. The lowest BCUT2D eigenvalue weighted by molar-refractivity contribution is 0.0937. The molecule has 0 aliphatic rings. The number of benzene rings is 2. The maximum atomic E-state index is 12.4. The van der Waals surface area contributed by atoms with Gasteiger partial charge in [0, 0.05) is 37.2 Å². The second-order valence-electron chi connectivity index (χ2n) is 8.37. The standard InChI is InChI=1S/C26H27N9O4/c1-17(15-35-16-31-33-34-35)39-24-11-18(4-5-20(24)12-27)21-13-29-26(30-14-21)32-22-10-19(6-7-23(22)38-3)25(36)28-8-9-37-2/h4-7,10-11,13-14,16-17H,8-9,15H2,1-3H3,(H,28,36)(H,29,30,32)/t17-/m0/s1. The number of amides is 1. The molecule has 0 aliphatic heterocycles. The van der Waals surface area contributed by atoms with E-state index in [9.17, 15) is 10.1 Å². The molecule has 1 atom stereocenters. The minimum absolute atomic E-state index is 0.236. The number of rotatable bonds is 12. The highest BCUT2D eigenvalue weighted by molar-refractivity contribution is 5.95. The fraction of sp³-hybridized carbons (Fsp3) is 0.269. The number of tetrazole rings is 1. The Morgan fingerprint density at radius 2 is 1.92 bits per heavy atom. The first-order valence-electron chi connectivity index (χ1n) is 12.0. The predicted molar refractivity (Wildman–Crippen MR) is 141 cm³/mol. The minimum atomic E-state index is -0.286. The zero-order valence-electron chi connectivity index (χ0n) is 21.7. The highest BCUT2D eigenvalue weighted by Crippen LogP contribution is 2.30. The fourth-order valence-corrected chi connectivity index (χ4v) is 3.65. The Bertz CT molecular complexity index is 1440. The van der Waals surface area contributed by atoms with Crippen LogP contribution in [0.1, 0.15) is 22.8 Å². The molecular weight excluding hydrogens is 502 g/mol. The van der Waals surface area contributed by atoms with Gasteiger partial charge in [0.2, 0.25) is 5.95 Å². The number of carbonyl (C=O) groups excluding carboxylic acids is 1. The number of nitrogens with zero attached hydrogens (tertiary/aromatic N) is 7. The van der Waals surface area contributed by atoms with E-state index >= 15 is 0 Å².